The van der Waals surface area contributed by atoms with Crippen LogP contribution in [0.4, 0.5) is 13.2 Å². The summed E-state index contributed by atoms with van der Waals surface area (Å²) in [6, 6.07) is 0.536. The fraction of sp³-hybridized carbons (Fsp3) is 0.933. The smallest absolute Gasteiger partial charge is 0.355 e. The summed E-state index contributed by atoms with van der Waals surface area (Å²) in [5.74, 6) is 0.654. The second-order valence-electron chi connectivity index (χ2n) is 6.22. The molecule has 0 aromatic rings. The Hall–Kier alpha value is -0.290. The number of hydrogen-bond donors (Lipinski definition) is 2. The number of halogens is 4. The summed E-state index contributed by atoms with van der Waals surface area (Å²) in [6.45, 7) is 6.00. The minimum Gasteiger partial charge on any atom is -0.355 e. The molecule has 144 valence electrons. The Morgan fingerprint density at radius 1 is 1.42 bits per heavy atom. The number of guanidine groups is 1. The summed E-state index contributed by atoms with van der Waals surface area (Å²) in [5, 5.41) is 6.44. The molecule has 0 saturated carbocycles. The van der Waals surface area contributed by atoms with Crippen LogP contribution >= 0.6 is 24.0 Å². The van der Waals surface area contributed by atoms with Crippen LogP contribution in [0.15, 0.2) is 4.99 Å². The lowest BCUT2D eigenvalue weighted by Gasteiger charge is -2.24. The zero-order valence-corrected chi connectivity index (χ0v) is 17.3. The van der Waals surface area contributed by atoms with Gasteiger partial charge in [0, 0.05) is 45.3 Å². The molecular weight excluding hydrogens is 434 g/mol. The van der Waals surface area contributed by atoms with E-state index in [-0.39, 0.29) is 30.0 Å². The summed E-state index contributed by atoms with van der Waals surface area (Å²) in [7, 11) is 3.76. The number of nitrogens with one attached hydrogen (secondary N) is 2. The highest BCUT2D eigenvalue weighted by Gasteiger charge is 2.34. The Bertz CT molecular complexity index is 379. The molecular formula is C15H31F3IN5. The van der Waals surface area contributed by atoms with E-state index in [0.717, 1.165) is 19.5 Å². The number of likely N-dealkylation sites (tertiary alicyclic amines) is 1. The quantitative estimate of drug-likeness (QED) is 0.344. The topological polar surface area (TPSA) is 42.9 Å². The van der Waals surface area contributed by atoms with Gasteiger partial charge in [-0.05, 0) is 26.8 Å². The van der Waals surface area contributed by atoms with Gasteiger partial charge in [-0.3, -0.25) is 9.89 Å². The molecule has 1 saturated heterocycles. The van der Waals surface area contributed by atoms with Gasteiger partial charge in [0.2, 0.25) is 0 Å². The lowest BCUT2D eigenvalue weighted by Crippen LogP contribution is -2.47. The summed E-state index contributed by atoms with van der Waals surface area (Å²) in [4.78, 5) is 7.85. The van der Waals surface area contributed by atoms with Crippen molar-refractivity contribution in [2.24, 2.45) is 4.99 Å². The van der Waals surface area contributed by atoms with Crippen molar-refractivity contribution in [3.05, 3.63) is 0 Å². The van der Waals surface area contributed by atoms with E-state index in [9.17, 15) is 13.2 Å². The first-order chi connectivity index (χ1) is 10.7. The Kier molecular flexibility index (Phi) is 11.2. The van der Waals surface area contributed by atoms with Crippen LogP contribution in [0, 0.1) is 0 Å². The average molecular weight is 465 g/mol. The number of nitrogens with zero attached hydrogens (tertiary/aromatic N) is 3. The van der Waals surface area contributed by atoms with E-state index in [2.05, 4.69) is 41.4 Å². The van der Waals surface area contributed by atoms with E-state index < -0.39 is 12.7 Å². The van der Waals surface area contributed by atoms with Crippen LogP contribution in [0.3, 0.4) is 0 Å². The SMILES string of the molecule is CCC(C)N(C)CCNC(=NC)NC1CCN(CC(F)(F)F)C1.I. The zero-order valence-electron chi connectivity index (χ0n) is 15.0. The van der Waals surface area contributed by atoms with Crippen molar-refractivity contribution in [1.82, 2.24) is 20.4 Å². The van der Waals surface area contributed by atoms with Crippen molar-refractivity contribution in [3.8, 4) is 0 Å². The molecule has 1 heterocycles. The lowest BCUT2D eigenvalue weighted by molar-refractivity contribution is -0.143. The van der Waals surface area contributed by atoms with Gasteiger partial charge in [-0.1, -0.05) is 6.92 Å². The van der Waals surface area contributed by atoms with E-state index in [0.29, 0.717) is 31.5 Å². The summed E-state index contributed by atoms with van der Waals surface area (Å²) >= 11 is 0. The van der Waals surface area contributed by atoms with Gasteiger partial charge in [-0.25, -0.2) is 0 Å². The Balaban J connectivity index is 0.00000529. The number of aliphatic imine (C=N–C) groups is 1. The maximum atomic E-state index is 12.4. The molecule has 2 unspecified atom stereocenters. The second-order valence-corrected chi connectivity index (χ2v) is 6.22. The van der Waals surface area contributed by atoms with Gasteiger partial charge in [0.25, 0.3) is 0 Å². The van der Waals surface area contributed by atoms with Gasteiger partial charge in [0.05, 0.1) is 6.54 Å². The van der Waals surface area contributed by atoms with Crippen LogP contribution < -0.4 is 10.6 Å². The van der Waals surface area contributed by atoms with Gasteiger partial charge >= 0.3 is 6.18 Å². The molecule has 1 aliphatic rings. The summed E-state index contributed by atoms with van der Waals surface area (Å²) in [6.07, 6.45) is -2.33. The standard InChI is InChI=1S/C15H30F3N5.HI/c1-5-12(2)22(4)9-7-20-14(19-3)21-13-6-8-23(10-13)11-15(16,17)18;/h12-13H,5-11H2,1-4H3,(H2,19,20,21);1H. The first-order valence-electron chi connectivity index (χ1n) is 8.21. The van der Waals surface area contributed by atoms with E-state index in [1.54, 1.807) is 7.05 Å². The first-order valence-corrected chi connectivity index (χ1v) is 8.21. The predicted molar refractivity (Wildman–Crippen MR) is 103 cm³/mol. The molecule has 0 spiro atoms. The maximum absolute atomic E-state index is 12.4. The van der Waals surface area contributed by atoms with Crippen molar-refractivity contribution in [2.75, 3.05) is 46.8 Å². The van der Waals surface area contributed by atoms with Crippen LogP contribution in [0.2, 0.25) is 0 Å². The van der Waals surface area contributed by atoms with Crippen molar-refractivity contribution < 1.29 is 13.2 Å². The number of alkyl halides is 3. The third-order valence-electron chi connectivity index (χ3n) is 4.34. The molecule has 2 atom stereocenters. The molecule has 0 aromatic carbocycles. The Morgan fingerprint density at radius 2 is 2.08 bits per heavy atom. The van der Waals surface area contributed by atoms with E-state index in [1.165, 1.54) is 4.90 Å². The molecule has 2 N–H and O–H groups in total. The van der Waals surface area contributed by atoms with Crippen molar-refractivity contribution in [3.63, 3.8) is 0 Å². The molecule has 1 aliphatic heterocycles. The zero-order chi connectivity index (χ0) is 17.5. The van der Waals surface area contributed by atoms with Gasteiger partial charge < -0.3 is 15.5 Å². The molecule has 1 fully saturated rings. The Labute approximate surface area is 160 Å². The third-order valence-corrected chi connectivity index (χ3v) is 4.34. The molecule has 1 rings (SSSR count). The first kappa shape index (κ1) is 23.7. The molecule has 0 bridgehead atoms. The fourth-order valence-electron chi connectivity index (χ4n) is 2.62. The molecule has 24 heavy (non-hydrogen) atoms. The Morgan fingerprint density at radius 3 is 2.62 bits per heavy atom. The normalized spacial score (nSPS) is 20.8. The fourth-order valence-corrected chi connectivity index (χ4v) is 2.62. The number of likely N-dealkylation sites (N-methyl/N-ethyl adjacent to an activating group) is 1. The molecule has 0 aliphatic carbocycles. The monoisotopic (exact) mass is 465 g/mol. The van der Waals surface area contributed by atoms with Gasteiger partial charge in [-0.2, -0.15) is 13.2 Å². The third kappa shape index (κ3) is 9.26. The van der Waals surface area contributed by atoms with Gasteiger partial charge in [0.15, 0.2) is 5.96 Å². The maximum Gasteiger partial charge on any atom is 0.401 e. The minimum absolute atomic E-state index is 0. The van der Waals surface area contributed by atoms with Crippen LogP contribution in [0.1, 0.15) is 26.7 Å². The van der Waals surface area contributed by atoms with Gasteiger partial charge in [0.1, 0.15) is 0 Å². The second kappa shape index (κ2) is 11.3. The van der Waals surface area contributed by atoms with Crippen molar-refractivity contribution in [2.45, 2.75) is 44.9 Å². The minimum atomic E-state index is -4.13. The van der Waals surface area contributed by atoms with Crippen LogP contribution in [0.5, 0.6) is 0 Å². The van der Waals surface area contributed by atoms with E-state index in [1.807, 2.05) is 0 Å². The molecule has 0 amide bonds. The van der Waals surface area contributed by atoms with Crippen molar-refractivity contribution in [1.29, 1.82) is 0 Å². The average Bonchev–Trinajstić information content (AvgIpc) is 2.89. The molecule has 5 nitrogen and oxygen atoms in total. The molecule has 0 radical (unpaired) electrons. The number of hydrogen-bond acceptors (Lipinski definition) is 3. The molecule has 0 aromatic heterocycles. The van der Waals surface area contributed by atoms with Crippen LogP contribution in [0.25, 0.3) is 0 Å². The highest BCUT2D eigenvalue weighted by Crippen LogP contribution is 2.19. The van der Waals surface area contributed by atoms with Crippen molar-refractivity contribution >= 4 is 29.9 Å². The van der Waals surface area contributed by atoms with E-state index >= 15 is 0 Å². The van der Waals surface area contributed by atoms with Gasteiger partial charge in [-0.15, -0.1) is 24.0 Å². The van der Waals surface area contributed by atoms with Crippen LogP contribution in [-0.2, 0) is 0 Å². The largest absolute Gasteiger partial charge is 0.401 e. The van der Waals surface area contributed by atoms with E-state index in [4.69, 9.17) is 0 Å². The number of rotatable bonds is 7. The highest BCUT2D eigenvalue weighted by molar-refractivity contribution is 14.0. The highest BCUT2D eigenvalue weighted by atomic mass is 127. The van der Waals surface area contributed by atoms with Crippen LogP contribution in [-0.4, -0.2) is 80.8 Å². The lowest BCUT2D eigenvalue weighted by atomic mass is 10.2. The summed E-state index contributed by atoms with van der Waals surface area (Å²) in [5.41, 5.74) is 0. The summed E-state index contributed by atoms with van der Waals surface area (Å²) < 4.78 is 37.2. The molecule has 9 heteroatoms. The predicted octanol–water partition coefficient (Wildman–Crippen LogP) is 2.14.